The highest BCUT2D eigenvalue weighted by atomic mass is 35.5. The van der Waals surface area contributed by atoms with E-state index in [1.165, 1.54) is 25.8 Å². The minimum Gasteiger partial charge on any atom is -0.353 e. The number of pyridine rings is 1. The van der Waals surface area contributed by atoms with Crippen LogP contribution in [0, 0.1) is 17.2 Å². The van der Waals surface area contributed by atoms with E-state index in [2.05, 4.69) is 27.9 Å². The Morgan fingerprint density at radius 1 is 1.35 bits per heavy atom. The van der Waals surface area contributed by atoms with Crippen LogP contribution in [-0.2, 0) is 0 Å². The molecule has 1 aromatic rings. The standard InChI is InChI=1S/C15H19ClN4/c1-19-8-6-14-11(10-19)3-2-7-20(14)15-5-4-12(16)13(9-17)18-15/h4-5,11,14H,2-3,6-8,10H2,1H3. The molecular weight excluding hydrogens is 272 g/mol. The normalized spacial score (nSPS) is 26.9. The fraction of sp³-hybridized carbons (Fsp3) is 0.600. The highest BCUT2D eigenvalue weighted by Gasteiger charge is 2.35. The Morgan fingerprint density at radius 2 is 2.20 bits per heavy atom. The van der Waals surface area contributed by atoms with Gasteiger partial charge >= 0.3 is 0 Å². The molecule has 2 atom stereocenters. The lowest BCUT2D eigenvalue weighted by atomic mass is 9.84. The summed E-state index contributed by atoms with van der Waals surface area (Å²) in [5, 5.41) is 9.52. The van der Waals surface area contributed by atoms with Crippen molar-refractivity contribution in [1.29, 1.82) is 5.26 Å². The van der Waals surface area contributed by atoms with Gasteiger partial charge in [0.2, 0.25) is 0 Å². The summed E-state index contributed by atoms with van der Waals surface area (Å²) in [7, 11) is 2.20. The summed E-state index contributed by atoms with van der Waals surface area (Å²) < 4.78 is 0. The van der Waals surface area contributed by atoms with E-state index < -0.39 is 0 Å². The molecule has 2 aliphatic rings. The summed E-state index contributed by atoms with van der Waals surface area (Å²) in [6.07, 6.45) is 3.67. The molecular formula is C15H19ClN4. The van der Waals surface area contributed by atoms with Crippen molar-refractivity contribution in [3.8, 4) is 6.07 Å². The second-order valence-corrected chi connectivity index (χ2v) is 6.23. The molecule has 2 aliphatic heterocycles. The number of anilines is 1. The zero-order valence-electron chi connectivity index (χ0n) is 11.7. The van der Waals surface area contributed by atoms with Crippen LogP contribution in [0.15, 0.2) is 12.1 Å². The Kier molecular flexibility index (Phi) is 3.82. The molecule has 0 saturated carbocycles. The van der Waals surface area contributed by atoms with Gasteiger partial charge in [-0.3, -0.25) is 0 Å². The topological polar surface area (TPSA) is 43.2 Å². The number of aromatic nitrogens is 1. The number of nitrogens with zero attached hydrogens (tertiary/aromatic N) is 4. The third kappa shape index (κ3) is 2.48. The van der Waals surface area contributed by atoms with Crippen LogP contribution in [0.5, 0.6) is 0 Å². The third-order valence-corrected chi connectivity index (χ3v) is 4.81. The molecule has 2 saturated heterocycles. The highest BCUT2D eigenvalue weighted by Crippen LogP contribution is 2.33. The summed E-state index contributed by atoms with van der Waals surface area (Å²) in [5.41, 5.74) is 0.333. The first kappa shape index (κ1) is 13.7. The zero-order valence-corrected chi connectivity index (χ0v) is 12.5. The molecule has 3 rings (SSSR count). The van der Waals surface area contributed by atoms with Gasteiger partial charge in [-0.05, 0) is 50.9 Å². The number of hydrogen-bond donors (Lipinski definition) is 0. The van der Waals surface area contributed by atoms with Gasteiger partial charge in [0.25, 0.3) is 0 Å². The molecule has 0 spiro atoms. The summed E-state index contributed by atoms with van der Waals surface area (Å²) in [6, 6.07) is 6.37. The maximum absolute atomic E-state index is 9.09. The van der Waals surface area contributed by atoms with E-state index in [1.807, 2.05) is 6.07 Å². The third-order valence-electron chi connectivity index (χ3n) is 4.50. The van der Waals surface area contributed by atoms with E-state index in [0.29, 0.717) is 22.7 Å². The minimum atomic E-state index is 0.333. The first-order valence-corrected chi connectivity index (χ1v) is 7.58. The molecule has 3 heterocycles. The summed E-state index contributed by atoms with van der Waals surface area (Å²) in [5.74, 6) is 1.62. The molecule has 2 fully saturated rings. The Labute approximate surface area is 125 Å². The molecule has 0 aliphatic carbocycles. The van der Waals surface area contributed by atoms with Gasteiger partial charge in [0.1, 0.15) is 11.9 Å². The highest BCUT2D eigenvalue weighted by molar-refractivity contribution is 6.31. The van der Waals surface area contributed by atoms with E-state index >= 15 is 0 Å². The number of hydrogen-bond acceptors (Lipinski definition) is 4. The van der Waals surface area contributed by atoms with E-state index in [9.17, 15) is 0 Å². The average Bonchev–Trinajstić information content (AvgIpc) is 2.47. The van der Waals surface area contributed by atoms with Crippen molar-refractivity contribution >= 4 is 17.4 Å². The maximum Gasteiger partial charge on any atom is 0.161 e. The predicted molar refractivity (Wildman–Crippen MR) is 79.9 cm³/mol. The lowest BCUT2D eigenvalue weighted by Crippen LogP contribution is -2.53. The lowest BCUT2D eigenvalue weighted by molar-refractivity contribution is 0.154. The molecule has 5 heteroatoms. The van der Waals surface area contributed by atoms with Gasteiger partial charge < -0.3 is 9.80 Å². The van der Waals surface area contributed by atoms with E-state index in [4.69, 9.17) is 16.9 Å². The van der Waals surface area contributed by atoms with Crippen LogP contribution < -0.4 is 4.90 Å². The molecule has 0 amide bonds. The number of likely N-dealkylation sites (tertiary alicyclic amines) is 1. The van der Waals surface area contributed by atoms with Gasteiger partial charge in [-0.2, -0.15) is 5.26 Å². The van der Waals surface area contributed by atoms with Gasteiger partial charge in [0.15, 0.2) is 5.69 Å². The molecule has 106 valence electrons. The van der Waals surface area contributed by atoms with Gasteiger partial charge in [-0.1, -0.05) is 11.6 Å². The Morgan fingerprint density at radius 3 is 3.00 bits per heavy atom. The van der Waals surface area contributed by atoms with Crippen LogP contribution in [-0.4, -0.2) is 42.6 Å². The fourth-order valence-corrected chi connectivity index (χ4v) is 3.69. The van der Waals surface area contributed by atoms with Crippen LogP contribution in [0.1, 0.15) is 25.0 Å². The van der Waals surface area contributed by atoms with Gasteiger partial charge in [0.05, 0.1) is 5.02 Å². The van der Waals surface area contributed by atoms with Crippen LogP contribution in [0.2, 0.25) is 5.02 Å². The van der Waals surface area contributed by atoms with Gasteiger partial charge in [0, 0.05) is 19.1 Å². The van der Waals surface area contributed by atoms with Crippen LogP contribution >= 0.6 is 11.6 Å². The second-order valence-electron chi connectivity index (χ2n) is 5.83. The van der Waals surface area contributed by atoms with E-state index in [-0.39, 0.29) is 0 Å². The number of fused-ring (bicyclic) bond motifs is 1. The summed E-state index contributed by atoms with van der Waals surface area (Å²) in [6.45, 7) is 3.33. The molecule has 1 aromatic heterocycles. The monoisotopic (exact) mass is 290 g/mol. The van der Waals surface area contributed by atoms with Crippen molar-refractivity contribution in [1.82, 2.24) is 9.88 Å². The number of piperidine rings is 2. The smallest absolute Gasteiger partial charge is 0.161 e. The first-order chi connectivity index (χ1) is 9.69. The van der Waals surface area contributed by atoms with Gasteiger partial charge in [-0.25, -0.2) is 4.98 Å². The van der Waals surface area contributed by atoms with Crippen molar-refractivity contribution in [2.24, 2.45) is 5.92 Å². The fourth-order valence-electron chi connectivity index (χ4n) is 3.54. The lowest BCUT2D eigenvalue weighted by Gasteiger charge is -2.47. The number of rotatable bonds is 1. The number of nitriles is 1. The Hall–Kier alpha value is -1.31. The van der Waals surface area contributed by atoms with Crippen LogP contribution in [0.3, 0.4) is 0 Å². The Bertz CT molecular complexity index is 539. The molecule has 20 heavy (non-hydrogen) atoms. The van der Waals surface area contributed by atoms with Crippen molar-refractivity contribution in [3.05, 3.63) is 22.8 Å². The van der Waals surface area contributed by atoms with E-state index in [0.717, 1.165) is 18.9 Å². The second kappa shape index (κ2) is 5.59. The van der Waals surface area contributed by atoms with Crippen molar-refractivity contribution in [2.45, 2.75) is 25.3 Å². The Balaban J connectivity index is 1.87. The maximum atomic E-state index is 9.09. The minimum absolute atomic E-state index is 0.333. The van der Waals surface area contributed by atoms with Crippen molar-refractivity contribution in [3.63, 3.8) is 0 Å². The van der Waals surface area contributed by atoms with E-state index in [1.54, 1.807) is 6.07 Å². The number of halogens is 1. The predicted octanol–water partition coefficient (Wildman–Crippen LogP) is 2.53. The SMILES string of the molecule is CN1CCC2C(CCCN2c2ccc(Cl)c(C#N)n2)C1. The molecule has 0 radical (unpaired) electrons. The van der Waals surface area contributed by atoms with Crippen molar-refractivity contribution in [2.75, 3.05) is 31.6 Å². The molecule has 4 nitrogen and oxygen atoms in total. The zero-order chi connectivity index (χ0) is 14.1. The average molecular weight is 291 g/mol. The molecule has 2 unspecified atom stereocenters. The van der Waals surface area contributed by atoms with Crippen LogP contribution in [0.25, 0.3) is 0 Å². The largest absolute Gasteiger partial charge is 0.353 e. The summed E-state index contributed by atoms with van der Waals surface area (Å²) in [4.78, 5) is 9.25. The molecule has 0 aromatic carbocycles. The summed E-state index contributed by atoms with van der Waals surface area (Å²) >= 11 is 5.98. The molecule has 0 bridgehead atoms. The first-order valence-electron chi connectivity index (χ1n) is 7.21. The van der Waals surface area contributed by atoms with Crippen molar-refractivity contribution < 1.29 is 0 Å². The van der Waals surface area contributed by atoms with Gasteiger partial charge in [-0.15, -0.1) is 0 Å². The van der Waals surface area contributed by atoms with Crippen LogP contribution in [0.4, 0.5) is 5.82 Å². The quantitative estimate of drug-likeness (QED) is 0.797. The molecule has 0 N–H and O–H groups in total.